The molecule has 120 valence electrons. The van der Waals surface area contributed by atoms with Gasteiger partial charge in [0.25, 0.3) is 0 Å². The molecule has 1 heterocycles. The number of hydrogen-bond acceptors (Lipinski definition) is 5. The van der Waals surface area contributed by atoms with Crippen LogP contribution in [0.4, 0.5) is 0 Å². The van der Waals surface area contributed by atoms with Crippen molar-refractivity contribution in [3.8, 4) is 0 Å². The third-order valence-corrected chi connectivity index (χ3v) is 4.49. The zero-order chi connectivity index (χ0) is 16.2. The van der Waals surface area contributed by atoms with Crippen LogP contribution in [0.25, 0.3) is 0 Å². The lowest BCUT2D eigenvalue weighted by atomic mass is 10.1. The van der Waals surface area contributed by atoms with Crippen LogP contribution in [0.2, 0.25) is 0 Å². The number of benzene rings is 1. The molecular weight excluding hydrogens is 312 g/mol. The molecule has 0 unspecified atom stereocenters. The summed E-state index contributed by atoms with van der Waals surface area (Å²) in [5.41, 5.74) is 1.76. The molecule has 0 radical (unpaired) electrons. The van der Waals surface area contributed by atoms with Crippen LogP contribution in [-0.4, -0.2) is 38.5 Å². The Morgan fingerprint density at radius 2 is 1.95 bits per heavy atom. The largest absolute Gasteiger partial charge is 0.481 e. The van der Waals surface area contributed by atoms with E-state index in [9.17, 15) is 18.0 Å². The van der Waals surface area contributed by atoms with Gasteiger partial charge >= 0.3 is 5.97 Å². The Balaban J connectivity index is 1.91. The van der Waals surface area contributed by atoms with E-state index in [1.165, 1.54) is 12.1 Å². The van der Waals surface area contributed by atoms with Crippen LogP contribution >= 0.6 is 0 Å². The van der Waals surface area contributed by atoms with Crippen molar-refractivity contribution in [2.24, 2.45) is 0 Å². The van der Waals surface area contributed by atoms with Gasteiger partial charge in [-0.3, -0.25) is 9.59 Å². The minimum atomic E-state index is -3.80. The predicted octanol–water partition coefficient (Wildman–Crippen LogP) is -0.414. The van der Waals surface area contributed by atoms with Crippen molar-refractivity contribution in [3.63, 3.8) is 0 Å². The number of carboxylic acid groups (broad SMARTS) is 1. The number of hydrogen-bond donors (Lipinski definition) is 3. The number of carboxylic acids is 1. The number of rotatable bonds is 7. The summed E-state index contributed by atoms with van der Waals surface area (Å²) in [5.74, 6) is -1.63. The molecule has 0 fully saturated rings. The lowest BCUT2D eigenvalue weighted by Crippen LogP contribution is -2.37. The second-order valence-electron chi connectivity index (χ2n) is 4.74. The fraction of sp³-hybridized carbons (Fsp3) is 0.385. The third-order valence-electron chi connectivity index (χ3n) is 3.09. The molecule has 2 rings (SSSR count). The first kappa shape index (κ1) is 16.4. The molecule has 9 heteroatoms. The summed E-state index contributed by atoms with van der Waals surface area (Å²) >= 11 is 0. The highest BCUT2D eigenvalue weighted by atomic mass is 32.2. The minimum Gasteiger partial charge on any atom is -0.481 e. The molecule has 1 amide bonds. The van der Waals surface area contributed by atoms with Crippen LogP contribution < -0.4 is 10.0 Å². The van der Waals surface area contributed by atoms with Gasteiger partial charge in [-0.05, 0) is 23.3 Å². The first-order chi connectivity index (χ1) is 10.4. The second-order valence-corrected chi connectivity index (χ2v) is 6.51. The Morgan fingerprint density at radius 1 is 1.23 bits per heavy atom. The fourth-order valence-corrected chi connectivity index (χ4v) is 2.96. The lowest BCUT2D eigenvalue weighted by Gasteiger charge is -2.08. The predicted molar refractivity (Wildman–Crippen MR) is 75.4 cm³/mol. The van der Waals surface area contributed by atoms with Crippen LogP contribution in [0, 0.1) is 0 Å². The van der Waals surface area contributed by atoms with E-state index >= 15 is 0 Å². The maximum atomic E-state index is 12.1. The third kappa shape index (κ3) is 4.26. The quantitative estimate of drug-likeness (QED) is 0.625. The molecule has 1 aromatic rings. The summed E-state index contributed by atoms with van der Waals surface area (Å²) in [4.78, 5) is 21.8. The van der Waals surface area contributed by atoms with Gasteiger partial charge in [-0.15, -0.1) is 0 Å². The van der Waals surface area contributed by atoms with Crippen LogP contribution in [0.3, 0.4) is 0 Å². The number of amides is 1. The molecule has 0 saturated carbocycles. The highest BCUT2D eigenvalue weighted by Gasteiger charge is 2.19. The summed E-state index contributed by atoms with van der Waals surface area (Å²) in [6.07, 6.45) is -0.219. The lowest BCUT2D eigenvalue weighted by molar-refractivity contribution is -0.136. The number of carbonyl (C=O) groups excluding carboxylic acids is 1. The average molecular weight is 328 g/mol. The molecule has 3 N–H and O–H groups in total. The van der Waals surface area contributed by atoms with E-state index < -0.39 is 28.4 Å². The van der Waals surface area contributed by atoms with Gasteiger partial charge in [0.05, 0.1) is 31.1 Å². The molecule has 22 heavy (non-hydrogen) atoms. The van der Waals surface area contributed by atoms with Crippen molar-refractivity contribution in [2.75, 3.05) is 13.1 Å². The van der Waals surface area contributed by atoms with Gasteiger partial charge in [-0.1, -0.05) is 6.07 Å². The standard InChI is InChI=1S/C13H16N2O6S/c16-12(14-4-3-13(17)18)6-15-22(19,20)11-2-1-9-7-21-8-10(9)5-11/h1-2,5,15H,3-4,6-8H2,(H,14,16)(H,17,18). The molecule has 1 aliphatic rings. The van der Waals surface area contributed by atoms with E-state index in [1.807, 2.05) is 0 Å². The number of fused-ring (bicyclic) bond motifs is 1. The van der Waals surface area contributed by atoms with E-state index in [1.54, 1.807) is 6.07 Å². The van der Waals surface area contributed by atoms with E-state index in [4.69, 9.17) is 9.84 Å². The van der Waals surface area contributed by atoms with E-state index in [0.29, 0.717) is 13.2 Å². The molecule has 0 aromatic heterocycles. The first-order valence-electron chi connectivity index (χ1n) is 6.56. The molecule has 0 aliphatic carbocycles. The topological polar surface area (TPSA) is 122 Å². The summed E-state index contributed by atoms with van der Waals surface area (Å²) in [5, 5.41) is 10.8. The Morgan fingerprint density at radius 3 is 2.68 bits per heavy atom. The number of nitrogens with one attached hydrogen (secondary N) is 2. The Hall–Kier alpha value is -1.97. The van der Waals surface area contributed by atoms with E-state index in [2.05, 4.69) is 10.0 Å². The average Bonchev–Trinajstić information content (AvgIpc) is 2.92. The smallest absolute Gasteiger partial charge is 0.305 e. The molecular formula is C13H16N2O6S. The highest BCUT2D eigenvalue weighted by molar-refractivity contribution is 7.89. The van der Waals surface area contributed by atoms with Crippen molar-refractivity contribution in [2.45, 2.75) is 24.5 Å². The zero-order valence-corrected chi connectivity index (χ0v) is 12.5. The van der Waals surface area contributed by atoms with Crippen molar-refractivity contribution in [3.05, 3.63) is 29.3 Å². The van der Waals surface area contributed by atoms with Crippen LogP contribution in [0.1, 0.15) is 17.5 Å². The van der Waals surface area contributed by atoms with Crippen molar-refractivity contribution >= 4 is 21.9 Å². The normalized spacial score (nSPS) is 13.6. The number of sulfonamides is 1. The van der Waals surface area contributed by atoms with Crippen LogP contribution in [-0.2, 0) is 37.6 Å². The molecule has 0 bridgehead atoms. The van der Waals surface area contributed by atoms with Crippen LogP contribution in [0.5, 0.6) is 0 Å². The zero-order valence-electron chi connectivity index (χ0n) is 11.7. The van der Waals surface area contributed by atoms with E-state index in [0.717, 1.165) is 11.1 Å². The van der Waals surface area contributed by atoms with Crippen molar-refractivity contribution < 1.29 is 27.9 Å². The second kappa shape index (κ2) is 6.86. The molecule has 0 atom stereocenters. The van der Waals surface area contributed by atoms with Gasteiger partial charge in [-0.25, -0.2) is 13.1 Å². The summed E-state index contributed by atoms with van der Waals surface area (Å²) < 4.78 is 31.6. The summed E-state index contributed by atoms with van der Waals surface area (Å²) in [7, 11) is -3.80. The maximum absolute atomic E-state index is 12.1. The van der Waals surface area contributed by atoms with Gasteiger partial charge in [0.1, 0.15) is 0 Å². The van der Waals surface area contributed by atoms with Gasteiger partial charge in [0, 0.05) is 6.54 Å². The Bertz CT molecular complexity index is 686. The molecule has 1 aliphatic heterocycles. The summed E-state index contributed by atoms with van der Waals surface area (Å²) in [6, 6.07) is 4.66. The van der Waals surface area contributed by atoms with Gasteiger partial charge in [0.15, 0.2) is 0 Å². The monoisotopic (exact) mass is 328 g/mol. The van der Waals surface area contributed by atoms with Crippen molar-refractivity contribution in [1.29, 1.82) is 0 Å². The molecule has 8 nitrogen and oxygen atoms in total. The number of carbonyl (C=O) groups is 2. The fourth-order valence-electron chi connectivity index (χ4n) is 1.93. The van der Waals surface area contributed by atoms with Crippen LogP contribution in [0.15, 0.2) is 23.1 Å². The molecule has 0 saturated heterocycles. The number of ether oxygens (including phenoxy) is 1. The SMILES string of the molecule is O=C(O)CCNC(=O)CNS(=O)(=O)c1ccc2c(c1)COC2. The Kier molecular flexibility index (Phi) is 5.11. The first-order valence-corrected chi connectivity index (χ1v) is 8.04. The summed E-state index contributed by atoms with van der Waals surface area (Å²) in [6.45, 7) is 0.338. The van der Waals surface area contributed by atoms with Gasteiger partial charge < -0.3 is 15.2 Å². The minimum absolute atomic E-state index is 0.0495. The van der Waals surface area contributed by atoms with Gasteiger partial charge in [-0.2, -0.15) is 0 Å². The Labute approximate surface area is 127 Å². The van der Waals surface area contributed by atoms with E-state index in [-0.39, 0.29) is 17.9 Å². The van der Waals surface area contributed by atoms with Gasteiger partial charge in [0.2, 0.25) is 15.9 Å². The molecule has 0 spiro atoms. The maximum Gasteiger partial charge on any atom is 0.305 e. The molecule has 1 aromatic carbocycles. The van der Waals surface area contributed by atoms with Crippen molar-refractivity contribution in [1.82, 2.24) is 10.0 Å². The highest BCUT2D eigenvalue weighted by Crippen LogP contribution is 2.22. The number of aliphatic carboxylic acids is 1.